The summed E-state index contributed by atoms with van der Waals surface area (Å²) in [6.07, 6.45) is 0.425. The van der Waals surface area contributed by atoms with Crippen LogP contribution in [0.5, 0.6) is 0 Å². The number of fused-ring (bicyclic) bond motifs is 1. The van der Waals surface area contributed by atoms with E-state index >= 15 is 0 Å². The van der Waals surface area contributed by atoms with E-state index in [2.05, 4.69) is 4.98 Å². The predicted octanol–water partition coefficient (Wildman–Crippen LogP) is 3.26. The quantitative estimate of drug-likeness (QED) is 0.636. The molecule has 1 aromatic heterocycles. The molecule has 1 aromatic carbocycles. The van der Waals surface area contributed by atoms with Crippen molar-refractivity contribution in [1.82, 2.24) is 4.98 Å². The number of hydrogen-bond acceptors (Lipinski definition) is 3. The van der Waals surface area contributed by atoms with E-state index in [-0.39, 0.29) is 5.97 Å². The molecule has 0 aliphatic heterocycles. The smallest absolute Gasteiger partial charge is 0.324 e. The van der Waals surface area contributed by atoms with Gasteiger partial charge < -0.3 is 4.74 Å². The van der Waals surface area contributed by atoms with Crippen molar-refractivity contribution in [2.75, 3.05) is 6.61 Å². The highest BCUT2D eigenvalue weighted by atomic mass is 35.5. The van der Waals surface area contributed by atoms with Crippen LogP contribution in [0.2, 0.25) is 0 Å². The van der Waals surface area contributed by atoms with E-state index in [4.69, 9.17) is 16.3 Å². The summed E-state index contributed by atoms with van der Waals surface area (Å²) in [5, 5.41) is 0.378. The molecule has 0 amide bonds. The molecule has 2 aromatic rings. The van der Waals surface area contributed by atoms with Gasteiger partial charge in [-0.1, -0.05) is 24.3 Å². The van der Waals surface area contributed by atoms with Gasteiger partial charge in [0.05, 0.1) is 12.1 Å². The minimum absolute atomic E-state index is 0.342. The lowest BCUT2D eigenvalue weighted by atomic mass is 10.0. The zero-order valence-corrected chi connectivity index (χ0v) is 11.8. The van der Waals surface area contributed by atoms with Crippen molar-refractivity contribution in [1.29, 1.82) is 0 Å². The van der Waals surface area contributed by atoms with Crippen molar-refractivity contribution < 1.29 is 9.53 Å². The van der Waals surface area contributed by atoms with Crippen LogP contribution in [-0.2, 0) is 16.0 Å². The van der Waals surface area contributed by atoms with E-state index in [0.717, 1.165) is 22.2 Å². The molecule has 100 valence electrons. The van der Waals surface area contributed by atoms with Gasteiger partial charge in [0.25, 0.3) is 0 Å². The Balaban J connectivity index is 2.30. The average molecular weight is 278 g/mol. The minimum Gasteiger partial charge on any atom is -0.465 e. The molecule has 0 saturated carbocycles. The molecule has 4 heteroatoms. The number of aromatic nitrogens is 1. The first kappa shape index (κ1) is 13.8. The Hall–Kier alpha value is -1.61. The predicted molar refractivity (Wildman–Crippen MR) is 76.5 cm³/mol. The maximum Gasteiger partial charge on any atom is 0.324 e. The molecule has 3 nitrogen and oxygen atoms in total. The highest BCUT2D eigenvalue weighted by Crippen LogP contribution is 2.20. The standard InChI is InChI=1S/C15H16ClNO2/c1-3-19-15(18)13(16)9-12-6-4-5-11-8-7-10(2)17-14(11)12/h4-8,13H,3,9H2,1-2H3. The Kier molecular flexibility index (Phi) is 4.38. The summed E-state index contributed by atoms with van der Waals surface area (Å²) in [5.41, 5.74) is 2.81. The van der Waals surface area contributed by atoms with Crippen LogP contribution in [0.3, 0.4) is 0 Å². The van der Waals surface area contributed by atoms with Crippen molar-refractivity contribution in [3.63, 3.8) is 0 Å². The van der Waals surface area contributed by atoms with Crippen LogP contribution in [0.15, 0.2) is 30.3 Å². The van der Waals surface area contributed by atoms with Gasteiger partial charge in [-0.25, -0.2) is 0 Å². The largest absolute Gasteiger partial charge is 0.465 e. The summed E-state index contributed by atoms with van der Waals surface area (Å²) >= 11 is 6.08. The van der Waals surface area contributed by atoms with Crippen LogP contribution in [0.25, 0.3) is 10.9 Å². The number of para-hydroxylation sites is 1. The lowest BCUT2D eigenvalue weighted by Gasteiger charge is -2.10. The molecule has 0 aliphatic rings. The Bertz CT molecular complexity index is 598. The van der Waals surface area contributed by atoms with Crippen LogP contribution >= 0.6 is 11.6 Å². The number of esters is 1. The van der Waals surface area contributed by atoms with Crippen LogP contribution in [0.1, 0.15) is 18.2 Å². The zero-order chi connectivity index (χ0) is 13.8. The number of pyridine rings is 1. The number of carbonyl (C=O) groups excluding carboxylic acids is 1. The van der Waals surface area contributed by atoms with Gasteiger partial charge in [-0.3, -0.25) is 9.78 Å². The second-order valence-corrected chi connectivity index (χ2v) is 4.89. The topological polar surface area (TPSA) is 39.2 Å². The van der Waals surface area contributed by atoms with E-state index in [1.54, 1.807) is 6.92 Å². The monoisotopic (exact) mass is 277 g/mol. The fourth-order valence-corrected chi connectivity index (χ4v) is 2.21. The summed E-state index contributed by atoms with van der Waals surface area (Å²) in [4.78, 5) is 16.1. The van der Waals surface area contributed by atoms with E-state index < -0.39 is 5.38 Å². The minimum atomic E-state index is -0.673. The summed E-state index contributed by atoms with van der Waals surface area (Å²) < 4.78 is 4.92. The van der Waals surface area contributed by atoms with Gasteiger partial charge in [0.2, 0.25) is 0 Å². The van der Waals surface area contributed by atoms with Gasteiger partial charge in [-0.05, 0) is 25.5 Å². The highest BCUT2D eigenvalue weighted by Gasteiger charge is 2.18. The summed E-state index contributed by atoms with van der Waals surface area (Å²) in [6.45, 7) is 4.05. The average Bonchev–Trinajstić information content (AvgIpc) is 2.39. The van der Waals surface area contributed by atoms with Gasteiger partial charge in [-0.15, -0.1) is 11.6 Å². The third-order valence-electron chi connectivity index (χ3n) is 2.88. The SMILES string of the molecule is CCOC(=O)C(Cl)Cc1cccc2ccc(C)nc12. The number of alkyl halides is 1. The molecular weight excluding hydrogens is 262 g/mol. The molecule has 1 atom stereocenters. The van der Waals surface area contributed by atoms with Crippen LogP contribution in [0.4, 0.5) is 0 Å². The number of hydrogen-bond donors (Lipinski definition) is 0. The molecule has 0 spiro atoms. The molecular formula is C15H16ClNO2. The summed E-state index contributed by atoms with van der Waals surface area (Å²) in [7, 11) is 0. The number of rotatable bonds is 4. The fraction of sp³-hybridized carbons (Fsp3) is 0.333. The third kappa shape index (κ3) is 3.24. The van der Waals surface area contributed by atoms with Crippen LogP contribution in [-0.4, -0.2) is 22.9 Å². The van der Waals surface area contributed by atoms with Gasteiger partial charge in [-0.2, -0.15) is 0 Å². The molecule has 2 rings (SSSR count). The van der Waals surface area contributed by atoms with Crippen molar-refractivity contribution in [3.8, 4) is 0 Å². The maximum absolute atomic E-state index is 11.6. The Morgan fingerprint density at radius 1 is 1.37 bits per heavy atom. The maximum atomic E-state index is 11.6. The number of aryl methyl sites for hydroxylation is 1. The van der Waals surface area contributed by atoms with Crippen LogP contribution < -0.4 is 0 Å². The third-order valence-corrected chi connectivity index (χ3v) is 3.22. The van der Waals surface area contributed by atoms with Crippen molar-refractivity contribution in [3.05, 3.63) is 41.6 Å². The number of nitrogens with zero attached hydrogens (tertiary/aromatic N) is 1. The normalized spacial score (nSPS) is 12.4. The second-order valence-electron chi connectivity index (χ2n) is 4.37. The zero-order valence-electron chi connectivity index (χ0n) is 11.0. The van der Waals surface area contributed by atoms with Crippen molar-refractivity contribution in [2.45, 2.75) is 25.6 Å². The number of carbonyl (C=O) groups is 1. The molecule has 0 aliphatic carbocycles. The second kappa shape index (κ2) is 6.02. The van der Waals surface area contributed by atoms with Crippen LogP contribution in [0, 0.1) is 6.92 Å². The molecule has 19 heavy (non-hydrogen) atoms. The first-order valence-electron chi connectivity index (χ1n) is 6.27. The van der Waals surface area contributed by atoms with Gasteiger partial charge in [0, 0.05) is 17.5 Å². The van der Waals surface area contributed by atoms with Gasteiger partial charge >= 0.3 is 5.97 Å². The Morgan fingerprint density at radius 3 is 2.89 bits per heavy atom. The molecule has 0 bridgehead atoms. The molecule has 0 fully saturated rings. The molecule has 0 saturated heterocycles. The fourth-order valence-electron chi connectivity index (χ4n) is 1.98. The number of benzene rings is 1. The van der Waals surface area contributed by atoms with Gasteiger partial charge in [0.15, 0.2) is 0 Å². The first-order chi connectivity index (χ1) is 9.11. The van der Waals surface area contributed by atoms with E-state index in [1.165, 1.54) is 0 Å². The van der Waals surface area contributed by atoms with E-state index in [1.807, 2.05) is 37.3 Å². The van der Waals surface area contributed by atoms with Crippen molar-refractivity contribution >= 4 is 28.5 Å². The Labute approximate surface area is 117 Å². The molecule has 0 N–H and O–H groups in total. The molecule has 1 heterocycles. The lowest BCUT2D eigenvalue weighted by Crippen LogP contribution is -2.20. The first-order valence-corrected chi connectivity index (χ1v) is 6.71. The van der Waals surface area contributed by atoms with E-state index in [9.17, 15) is 4.79 Å². The molecule has 0 radical (unpaired) electrons. The Morgan fingerprint density at radius 2 is 2.16 bits per heavy atom. The van der Waals surface area contributed by atoms with E-state index in [0.29, 0.717) is 13.0 Å². The number of ether oxygens (including phenoxy) is 1. The highest BCUT2D eigenvalue weighted by molar-refractivity contribution is 6.30. The van der Waals surface area contributed by atoms with Gasteiger partial charge in [0.1, 0.15) is 5.38 Å². The summed E-state index contributed by atoms with van der Waals surface area (Å²) in [5.74, 6) is -0.381. The van der Waals surface area contributed by atoms with Crippen molar-refractivity contribution in [2.24, 2.45) is 0 Å². The summed E-state index contributed by atoms with van der Waals surface area (Å²) in [6, 6.07) is 9.89. The molecule has 1 unspecified atom stereocenters. The number of halogens is 1. The lowest BCUT2D eigenvalue weighted by molar-refractivity contribution is -0.142.